The molecule has 27 heavy (non-hydrogen) atoms. The molecule has 2 fully saturated rings. The Labute approximate surface area is 170 Å². The summed E-state index contributed by atoms with van der Waals surface area (Å²) in [5, 5.41) is 14.1. The number of phenolic OH excluding ortho intramolecular Hbond substituents is 1. The molecule has 0 spiro atoms. The summed E-state index contributed by atoms with van der Waals surface area (Å²) in [6.45, 7) is 4.53. The minimum absolute atomic E-state index is 0. The van der Waals surface area contributed by atoms with Gasteiger partial charge in [-0.3, -0.25) is 9.59 Å². The topological polar surface area (TPSA) is 72.9 Å². The molecule has 8 heteroatoms. The van der Waals surface area contributed by atoms with Gasteiger partial charge in [0.25, 0.3) is 0 Å². The number of benzene rings is 1. The van der Waals surface area contributed by atoms with Crippen LogP contribution in [0.3, 0.4) is 0 Å². The molecule has 0 aliphatic carbocycles. The molecule has 2 saturated heterocycles. The van der Waals surface area contributed by atoms with Gasteiger partial charge in [0.2, 0.25) is 12.3 Å². The van der Waals surface area contributed by atoms with Gasteiger partial charge in [-0.25, -0.2) is 0 Å². The predicted molar refractivity (Wildman–Crippen MR) is 107 cm³/mol. The number of hydrogen-bond donors (Lipinski definition) is 2. The van der Waals surface area contributed by atoms with Crippen LogP contribution in [-0.4, -0.2) is 65.5 Å². The minimum Gasteiger partial charge on any atom is -0.508 e. The Hall–Kier alpha value is -1.50. The molecule has 0 radical (unpaired) electrons. The summed E-state index contributed by atoms with van der Waals surface area (Å²) in [5.74, 6) is -0.108. The Balaban J connectivity index is 0.00000261. The number of likely N-dealkylation sites (tertiary alicyclic amines) is 1. The molecule has 2 unspecified atom stereocenters. The zero-order chi connectivity index (χ0) is 18.8. The lowest BCUT2D eigenvalue weighted by Gasteiger charge is -2.43. The van der Waals surface area contributed by atoms with Crippen molar-refractivity contribution < 1.29 is 14.7 Å². The lowest BCUT2D eigenvalue weighted by molar-refractivity contribution is -0.145. The second-order valence-electron chi connectivity index (χ2n) is 6.81. The van der Waals surface area contributed by atoms with Crippen LogP contribution in [0, 0.1) is 0 Å². The van der Waals surface area contributed by atoms with Crippen molar-refractivity contribution >= 4 is 35.5 Å². The van der Waals surface area contributed by atoms with E-state index in [0.717, 1.165) is 19.5 Å². The molecule has 2 aliphatic heterocycles. The fraction of sp³-hybridized carbons (Fsp3) is 0.579. The summed E-state index contributed by atoms with van der Waals surface area (Å²) in [7, 11) is 0. The number of piperidine rings is 1. The quantitative estimate of drug-likeness (QED) is 0.725. The number of likely N-dealkylation sites (N-methyl/N-ethyl adjacent to an activating group) is 1. The molecule has 150 valence electrons. The number of halogens is 2. The summed E-state index contributed by atoms with van der Waals surface area (Å²) in [4.78, 5) is 28.0. The molecule has 2 atom stereocenters. The third kappa shape index (κ3) is 4.18. The SMILES string of the molecule is C.CCN(C(=O)C1CC(c2c(O)ccc(Cl)c2Cl)CCN1C=O)C1CNC1. The van der Waals surface area contributed by atoms with Crippen molar-refractivity contribution in [3.05, 3.63) is 27.7 Å². The lowest BCUT2D eigenvalue weighted by Crippen LogP contribution is -2.62. The van der Waals surface area contributed by atoms with Crippen LogP contribution in [0.1, 0.15) is 38.7 Å². The molecule has 0 aromatic heterocycles. The first-order chi connectivity index (χ1) is 12.5. The maximum Gasteiger partial charge on any atom is 0.245 e. The van der Waals surface area contributed by atoms with Gasteiger partial charge in [0, 0.05) is 31.7 Å². The first-order valence-corrected chi connectivity index (χ1v) is 9.62. The molecule has 2 amide bonds. The van der Waals surface area contributed by atoms with Gasteiger partial charge in [0.1, 0.15) is 11.8 Å². The van der Waals surface area contributed by atoms with Crippen LogP contribution in [0.25, 0.3) is 0 Å². The van der Waals surface area contributed by atoms with Crippen molar-refractivity contribution in [1.29, 1.82) is 0 Å². The Morgan fingerprint density at radius 3 is 2.67 bits per heavy atom. The highest BCUT2D eigenvalue weighted by Crippen LogP contribution is 2.43. The normalized spacial score (nSPS) is 22.6. The van der Waals surface area contributed by atoms with Gasteiger partial charge in [-0.15, -0.1) is 0 Å². The summed E-state index contributed by atoms with van der Waals surface area (Å²) in [6, 6.07) is 2.69. The van der Waals surface area contributed by atoms with Crippen molar-refractivity contribution in [2.24, 2.45) is 0 Å². The minimum atomic E-state index is -0.554. The average molecular weight is 416 g/mol. The number of aromatic hydroxyl groups is 1. The van der Waals surface area contributed by atoms with Crippen molar-refractivity contribution in [2.75, 3.05) is 26.2 Å². The Morgan fingerprint density at radius 2 is 2.11 bits per heavy atom. The standard InChI is InChI=1S/C18H23Cl2N3O3.CH4/c1-2-23(12-8-21-9-12)18(26)14-7-11(5-6-22(14)10-24)16-15(25)4-3-13(19)17(16)20;/h3-4,10-12,14,21,25H,2,5-9H2,1H3;1H4. The van der Waals surface area contributed by atoms with E-state index in [1.165, 1.54) is 6.07 Å². The smallest absolute Gasteiger partial charge is 0.245 e. The number of amides is 2. The molecular formula is C19H27Cl2N3O3. The molecule has 0 bridgehead atoms. The second-order valence-corrected chi connectivity index (χ2v) is 7.60. The van der Waals surface area contributed by atoms with E-state index in [9.17, 15) is 14.7 Å². The fourth-order valence-corrected chi connectivity index (χ4v) is 4.32. The number of hydrogen-bond acceptors (Lipinski definition) is 4. The van der Waals surface area contributed by atoms with Crippen molar-refractivity contribution in [1.82, 2.24) is 15.1 Å². The number of nitrogens with zero attached hydrogens (tertiary/aromatic N) is 2. The van der Waals surface area contributed by atoms with E-state index in [1.807, 2.05) is 11.8 Å². The Morgan fingerprint density at radius 1 is 1.41 bits per heavy atom. The van der Waals surface area contributed by atoms with Crippen LogP contribution in [-0.2, 0) is 9.59 Å². The maximum absolute atomic E-state index is 13.1. The van der Waals surface area contributed by atoms with Crippen LogP contribution in [0.2, 0.25) is 10.0 Å². The zero-order valence-corrected chi connectivity index (χ0v) is 16.1. The van der Waals surface area contributed by atoms with Crippen molar-refractivity contribution in [3.8, 4) is 5.75 Å². The van der Waals surface area contributed by atoms with Gasteiger partial charge in [-0.05, 0) is 37.8 Å². The van der Waals surface area contributed by atoms with Gasteiger partial charge in [-0.2, -0.15) is 0 Å². The molecule has 3 rings (SSSR count). The van der Waals surface area contributed by atoms with E-state index in [1.54, 1.807) is 11.0 Å². The van der Waals surface area contributed by atoms with Crippen LogP contribution in [0.4, 0.5) is 0 Å². The molecule has 2 N–H and O–H groups in total. The molecule has 1 aromatic carbocycles. The average Bonchev–Trinajstić information content (AvgIpc) is 2.60. The summed E-state index contributed by atoms with van der Waals surface area (Å²) < 4.78 is 0. The van der Waals surface area contributed by atoms with Crippen molar-refractivity contribution in [2.45, 2.75) is 45.2 Å². The molecular weight excluding hydrogens is 389 g/mol. The third-order valence-corrected chi connectivity index (χ3v) is 6.23. The van der Waals surface area contributed by atoms with E-state index in [2.05, 4.69) is 5.32 Å². The Kier molecular flexibility index (Phi) is 7.37. The largest absolute Gasteiger partial charge is 0.508 e. The number of rotatable bonds is 5. The predicted octanol–water partition coefficient (Wildman–Crippen LogP) is 2.86. The van der Waals surface area contributed by atoms with E-state index >= 15 is 0 Å². The van der Waals surface area contributed by atoms with E-state index in [0.29, 0.717) is 41.5 Å². The van der Waals surface area contributed by atoms with Crippen molar-refractivity contribution in [3.63, 3.8) is 0 Å². The number of phenols is 1. The van der Waals surface area contributed by atoms with Crippen LogP contribution in [0.15, 0.2) is 12.1 Å². The van der Waals surface area contributed by atoms with Crippen LogP contribution >= 0.6 is 23.2 Å². The van der Waals surface area contributed by atoms with E-state index in [4.69, 9.17) is 23.2 Å². The van der Waals surface area contributed by atoms with Gasteiger partial charge >= 0.3 is 0 Å². The van der Waals surface area contributed by atoms with Crippen LogP contribution < -0.4 is 5.32 Å². The lowest BCUT2D eigenvalue weighted by atomic mass is 9.84. The number of carbonyl (C=O) groups excluding carboxylic acids is 2. The highest BCUT2D eigenvalue weighted by Gasteiger charge is 2.39. The van der Waals surface area contributed by atoms with Gasteiger partial charge < -0.3 is 20.2 Å². The zero-order valence-electron chi connectivity index (χ0n) is 14.6. The Bertz CT molecular complexity index is 697. The highest BCUT2D eigenvalue weighted by atomic mass is 35.5. The highest BCUT2D eigenvalue weighted by molar-refractivity contribution is 6.42. The van der Waals surface area contributed by atoms with E-state index in [-0.39, 0.29) is 31.0 Å². The molecule has 0 saturated carbocycles. The monoisotopic (exact) mass is 415 g/mol. The van der Waals surface area contributed by atoms with Crippen LogP contribution in [0.5, 0.6) is 5.75 Å². The van der Waals surface area contributed by atoms with E-state index < -0.39 is 6.04 Å². The summed E-state index contributed by atoms with van der Waals surface area (Å²) in [6.07, 6.45) is 1.78. The number of nitrogens with one attached hydrogen (secondary N) is 1. The molecule has 6 nitrogen and oxygen atoms in total. The third-order valence-electron chi connectivity index (χ3n) is 5.41. The first kappa shape index (κ1) is 21.8. The number of carbonyl (C=O) groups is 2. The molecule has 2 aliphatic rings. The van der Waals surface area contributed by atoms with Gasteiger partial charge in [-0.1, -0.05) is 30.6 Å². The summed E-state index contributed by atoms with van der Waals surface area (Å²) in [5.41, 5.74) is 0.566. The van der Waals surface area contributed by atoms with Gasteiger partial charge in [0.05, 0.1) is 16.1 Å². The molecule has 2 heterocycles. The second kappa shape index (κ2) is 9.13. The summed E-state index contributed by atoms with van der Waals surface area (Å²) >= 11 is 12.4. The van der Waals surface area contributed by atoms with Gasteiger partial charge in [0.15, 0.2) is 0 Å². The molecule has 1 aromatic rings. The maximum atomic E-state index is 13.1. The first-order valence-electron chi connectivity index (χ1n) is 8.87. The fourth-order valence-electron chi connectivity index (χ4n) is 3.84.